The Labute approximate surface area is 329 Å². The van der Waals surface area contributed by atoms with Crippen molar-refractivity contribution in [3.05, 3.63) is 95.6 Å². The molecule has 1 atom stereocenters. The molecule has 0 radical (unpaired) electrons. The minimum Gasteiger partial charge on any atom is -0.494 e. The summed E-state index contributed by atoms with van der Waals surface area (Å²) < 4.78 is 12.0. The predicted octanol–water partition coefficient (Wildman–Crippen LogP) is 16.3. The van der Waals surface area contributed by atoms with Gasteiger partial charge in [0.05, 0.1) is 24.6 Å². The van der Waals surface area contributed by atoms with Crippen molar-refractivity contribution < 1.29 is 9.47 Å². The summed E-state index contributed by atoms with van der Waals surface area (Å²) in [6.07, 6.45) is 22.0. The molecule has 4 aromatic carbocycles. The second kappa shape index (κ2) is 24.5. The molecule has 0 aromatic heterocycles. The number of benzene rings is 4. The van der Waals surface area contributed by atoms with Crippen molar-refractivity contribution in [3.8, 4) is 33.8 Å². The summed E-state index contributed by atoms with van der Waals surface area (Å²) in [6.45, 7) is 14.7. The van der Waals surface area contributed by atoms with Gasteiger partial charge in [0.15, 0.2) is 0 Å². The first-order valence-corrected chi connectivity index (χ1v) is 21.7. The van der Waals surface area contributed by atoms with E-state index in [4.69, 9.17) is 19.7 Å². The molecule has 0 spiro atoms. The van der Waals surface area contributed by atoms with Crippen LogP contribution in [-0.4, -0.2) is 13.2 Å². The minimum atomic E-state index is 0.393. The fraction of sp³-hybridized carbons (Fsp3) is 0.520. The van der Waals surface area contributed by atoms with Crippen LogP contribution in [0.15, 0.2) is 89.1 Å². The van der Waals surface area contributed by atoms with E-state index in [9.17, 15) is 0 Å². The molecule has 0 aliphatic rings. The van der Waals surface area contributed by atoms with E-state index < -0.39 is 0 Å². The number of azo groups is 1. The average Bonchev–Trinajstić information content (AvgIpc) is 3.21. The van der Waals surface area contributed by atoms with Gasteiger partial charge in [-0.15, -0.1) is 5.11 Å². The Morgan fingerprint density at radius 3 is 1.50 bits per heavy atom. The third kappa shape index (κ3) is 13.7. The Morgan fingerprint density at radius 1 is 0.500 bits per heavy atom. The average molecular weight is 731 g/mol. The molecule has 4 heteroatoms. The zero-order valence-electron chi connectivity index (χ0n) is 34.7. The molecule has 0 saturated heterocycles. The summed E-state index contributed by atoms with van der Waals surface area (Å²) in [5.41, 5.74) is 10.4. The second-order valence-electron chi connectivity index (χ2n) is 15.1. The maximum Gasteiger partial charge on any atom is 0.122 e. The third-order valence-corrected chi connectivity index (χ3v) is 10.9. The van der Waals surface area contributed by atoms with Crippen molar-refractivity contribution in [2.75, 3.05) is 13.2 Å². The van der Waals surface area contributed by atoms with Crippen LogP contribution in [0.5, 0.6) is 11.5 Å². The van der Waals surface area contributed by atoms with E-state index in [2.05, 4.69) is 101 Å². The van der Waals surface area contributed by atoms with Gasteiger partial charge in [0.2, 0.25) is 0 Å². The Balaban J connectivity index is 1.32. The lowest BCUT2D eigenvalue weighted by Gasteiger charge is -2.16. The van der Waals surface area contributed by atoms with Crippen LogP contribution < -0.4 is 9.47 Å². The van der Waals surface area contributed by atoms with E-state index in [1.54, 1.807) is 0 Å². The topological polar surface area (TPSA) is 43.2 Å². The van der Waals surface area contributed by atoms with E-state index in [1.807, 2.05) is 19.1 Å². The first-order valence-electron chi connectivity index (χ1n) is 21.7. The van der Waals surface area contributed by atoms with Crippen LogP contribution in [0.3, 0.4) is 0 Å². The highest BCUT2D eigenvalue weighted by Gasteiger charge is 2.14. The highest BCUT2D eigenvalue weighted by Crippen LogP contribution is 2.37. The largest absolute Gasteiger partial charge is 0.494 e. The summed E-state index contributed by atoms with van der Waals surface area (Å²) in [4.78, 5) is 0. The predicted molar refractivity (Wildman–Crippen MR) is 232 cm³/mol. The van der Waals surface area contributed by atoms with Gasteiger partial charge in [0.1, 0.15) is 11.5 Å². The van der Waals surface area contributed by atoms with Gasteiger partial charge in [0, 0.05) is 0 Å². The van der Waals surface area contributed by atoms with Crippen LogP contribution in [-0.2, 0) is 12.8 Å². The van der Waals surface area contributed by atoms with Gasteiger partial charge in [-0.1, -0.05) is 154 Å². The molecule has 4 rings (SSSR count). The normalized spacial score (nSPS) is 12.0. The number of nitrogens with zero attached hydrogens (tertiary/aromatic N) is 2. The van der Waals surface area contributed by atoms with Crippen LogP contribution in [0.25, 0.3) is 22.3 Å². The van der Waals surface area contributed by atoms with Gasteiger partial charge in [-0.25, -0.2) is 0 Å². The number of unbranched alkanes of at least 4 members (excludes halogenated alkanes) is 13. The van der Waals surface area contributed by atoms with Gasteiger partial charge in [-0.2, -0.15) is 5.11 Å². The lowest BCUT2D eigenvalue weighted by Crippen LogP contribution is -2.02. The highest BCUT2D eigenvalue weighted by molar-refractivity contribution is 5.74. The number of rotatable bonds is 26. The van der Waals surface area contributed by atoms with E-state index in [0.29, 0.717) is 12.5 Å². The summed E-state index contributed by atoms with van der Waals surface area (Å²) in [5.74, 6) is 2.30. The molecule has 0 N–H and O–H groups in total. The number of ether oxygens (including phenoxy) is 2. The SMILES string of the molecule is CCCCCCCCCCCCCCCCOc1ccc(N=Nc2c(CC)cc(-c3ccc(-c4ccc(OCC)cc4)cc3)cc2CC)cc1C(C)CC. The Hall–Kier alpha value is -3.92. The van der Waals surface area contributed by atoms with Crippen LogP contribution in [0, 0.1) is 0 Å². The fourth-order valence-electron chi connectivity index (χ4n) is 7.28. The van der Waals surface area contributed by atoms with Crippen LogP contribution in [0.4, 0.5) is 11.4 Å². The summed E-state index contributed by atoms with van der Waals surface area (Å²) in [6, 6.07) is 28.1. The third-order valence-electron chi connectivity index (χ3n) is 10.9. The maximum absolute atomic E-state index is 6.38. The molecule has 292 valence electrons. The molecule has 0 fully saturated rings. The standard InChI is InChI=1S/C50H70N2O2/c1-7-12-13-14-15-16-17-18-19-20-21-22-23-24-35-54-49-34-31-46(38-48(49)39(6)8-2)51-52-50-40(9-3)36-45(37-41(50)10-4)44-27-25-42(26-28-44)43-29-32-47(33-30-43)53-11-5/h25-34,36-39H,7-24,35H2,1-6H3. The van der Waals surface area contributed by atoms with Gasteiger partial charge < -0.3 is 9.47 Å². The highest BCUT2D eigenvalue weighted by atomic mass is 16.5. The van der Waals surface area contributed by atoms with E-state index in [-0.39, 0.29) is 0 Å². The van der Waals surface area contributed by atoms with Crippen molar-refractivity contribution in [3.63, 3.8) is 0 Å². The van der Waals surface area contributed by atoms with E-state index >= 15 is 0 Å². The van der Waals surface area contributed by atoms with Gasteiger partial charge in [-0.05, 0) is 120 Å². The molecule has 4 aromatic rings. The molecular weight excluding hydrogens is 661 g/mol. The van der Waals surface area contributed by atoms with Gasteiger partial charge >= 0.3 is 0 Å². The molecule has 54 heavy (non-hydrogen) atoms. The molecule has 0 saturated carbocycles. The van der Waals surface area contributed by atoms with Crippen molar-refractivity contribution >= 4 is 11.4 Å². The molecule has 1 unspecified atom stereocenters. The molecule has 0 amide bonds. The van der Waals surface area contributed by atoms with Crippen LogP contribution >= 0.6 is 0 Å². The zero-order valence-corrected chi connectivity index (χ0v) is 34.7. The Kier molecular flexibility index (Phi) is 19.4. The smallest absolute Gasteiger partial charge is 0.122 e. The lowest BCUT2D eigenvalue weighted by molar-refractivity contribution is 0.299. The quantitative estimate of drug-likeness (QED) is 0.0477. The molecule has 0 bridgehead atoms. The second-order valence-corrected chi connectivity index (χ2v) is 15.1. The maximum atomic E-state index is 6.38. The first-order chi connectivity index (χ1) is 26.5. The summed E-state index contributed by atoms with van der Waals surface area (Å²) in [7, 11) is 0. The minimum absolute atomic E-state index is 0.393. The van der Waals surface area contributed by atoms with Crippen molar-refractivity contribution in [1.82, 2.24) is 0 Å². The van der Waals surface area contributed by atoms with Gasteiger partial charge in [0.25, 0.3) is 0 Å². The summed E-state index contributed by atoms with van der Waals surface area (Å²) >= 11 is 0. The molecule has 0 aliphatic heterocycles. The van der Waals surface area contributed by atoms with Crippen molar-refractivity contribution in [2.45, 2.75) is 157 Å². The van der Waals surface area contributed by atoms with Crippen molar-refractivity contribution in [2.24, 2.45) is 10.2 Å². The molecule has 0 aliphatic carbocycles. The molecule has 4 nitrogen and oxygen atoms in total. The lowest BCUT2D eigenvalue weighted by atomic mass is 9.94. The monoisotopic (exact) mass is 731 g/mol. The number of aryl methyl sites for hydroxylation is 2. The Morgan fingerprint density at radius 2 is 1.00 bits per heavy atom. The van der Waals surface area contributed by atoms with E-state index in [0.717, 1.165) is 55.2 Å². The zero-order chi connectivity index (χ0) is 38.4. The van der Waals surface area contributed by atoms with Crippen LogP contribution in [0.1, 0.15) is 160 Å². The van der Waals surface area contributed by atoms with E-state index in [1.165, 1.54) is 122 Å². The van der Waals surface area contributed by atoms with Crippen LogP contribution in [0.2, 0.25) is 0 Å². The fourth-order valence-corrected chi connectivity index (χ4v) is 7.28. The first kappa shape index (κ1) is 42.8. The molecular formula is C50H70N2O2. The van der Waals surface area contributed by atoms with Gasteiger partial charge in [-0.3, -0.25) is 0 Å². The van der Waals surface area contributed by atoms with Crippen molar-refractivity contribution in [1.29, 1.82) is 0 Å². The molecule has 0 heterocycles. The number of hydrogen-bond donors (Lipinski definition) is 0. The summed E-state index contributed by atoms with van der Waals surface area (Å²) in [5, 5.41) is 9.72. The number of hydrogen-bond acceptors (Lipinski definition) is 4. The Bertz CT molecular complexity index is 1630.